The van der Waals surface area contributed by atoms with Gasteiger partial charge < -0.3 is 15.3 Å². The van der Waals surface area contributed by atoms with Crippen LogP contribution in [0, 0.1) is 0 Å². The lowest BCUT2D eigenvalue weighted by Gasteiger charge is -2.33. The van der Waals surface area contributed by atoms with E-state index >= 15 is 0 Å². The third kappa shape index (κ3) is 3.51. The van der Waals surface area contributed by atoms with Gasteiger partial charge in [-0.25, -0.2) is 9.78 Å². The van der Waals surface area contributed by atoms with Crippen molar-refractivity contribution in [3.05, 3.63) is 48.4 Å². The molecular weight excluding hydrogens is 308 g/mol. The molecular formula is C17H18N4O3. The van der Waals surface area contributed by atoms with Gasteiger partial charge in [0, 0.05) is 30.2 Å². The van der Waals surface area contributed by atoms with Gasteiger partial charge in [-0.3, -0.25) is 9.78 Å². The number of benzene rings is 1. The summed E-state index contributed by atoms with van der Waals surface area (Å²) in [5.41, 5.74) is 1.15. The number of carbonyl (C=O) groups is 2. The third-order valence-corrected chi connectivity index (χ3v) is 3.99. The Labute approximate surface area is 139 Å². The largest absolute Gasteiger partial charge is 0.480 e. The molecule has 1 saturated heterocycles. The summed E-state index contributed by atoms with van der Waals surface area (Å²) < 4.78 is 0. The first-order valence-corrected chi connectivity index (χ1v) is 7.82. The SMILES string of the molecule is O=C(O)C1CCCCN1C(=O)c1cccc(Nc2cnccn2)c1. The van der Waals surface area contributed by atoms with E-state index in [0.717, 1.165) is 12.8 Å². The normalized spacial score (nSPS) is 17.3. The molecule has 1 amide bonds. The number of anilines is 2. The summed E-state index contributed by atoms with van der Waals surface area (Å²) in [6.07, 6.45) is 6.89. The molecule has 7 nitrogen and oxygen atoms in total. The summed E-state index contributed by atoms with van der Waals surface area (Å²) in [5.74, 6) is -0.634. The van der Waals surface area contributed by atoms with Crippen molar-refractivity contribution in [3.8, 4) is 0 Å². The first kappa shape index (κ1) is 15.9. The van der Waals surface area contributed by atoms with E-state index in [9.17, 15) is 14.7 Å². The monoisotopic (exact) mass is 326 g/mol. The maximum atomic E-state index is 12.7. The minimum absolute atomic E-state index is 0.259. The third-order valence-electron chi connectivity index (χ3n) is 3.99. The van der Waals surface area contributed by atoms with Crippen molar-refractivity contribution < 1.29 is 14.7 Å². The number of carboxylic acids is 1. The van der Waals surface area contributed by atoms with E-state index in [0.29, 0.717) is 30.0 Å². The summed E-state index contributed by atoms with van der Waals surface area (Å²) in [6, 6.07) is 6.22. The van der Waals surface area contributed by atoms with E-state index < -0.39 is 12.0 Å². The Morgan fingerprint density at radius 2 is 2.12 bits per heavy atom. The first-order valence-electron chi connectivity index (χ1n) is 7.82. The van der Waals surface area contributed by atoms with Crippen LogP contribution >= 0.6 is 0 Å². The van der Waals surface area contributed by atoms with Crippen molar-refractivity contribution in [1.29, 1.82) is 0 Å². The molecule has 1 unspecified atom stereocenters. The van der Waals surface area contributed by atoms with Gasteiger partial charge in [0.05, 0.1) is 6.20 Å². The number of aromatic nitrogens is 2. The number of carbonyl (C=O) groups excluding carboxylic acids is 1. The number of carboxylic acid groups (broad SMARTS) is 1. The van der Waals surface area contributed by atoms with E-state index in [1.54, 1.807) is 36.8 Å². The smallest absolute Gasteiger partial charge is 0.326 e. The molecule has 1 aliphatic heterocycles. The summed E-state index contributed by atoms with van der Waals surface area (Å²) in [4.78, 5) is 33.7. The Hall–Kier alpha value is -2.96. The Morgan fingerprint density at radius 3 is 2.88 bits per heavy atom. The molecule has 24 heavy (non-hydrogen) atoms. The highest BCUT2D eigenvalue weighted by Crippen LogP contribution is 2.22. The number of likely N-dealkylation sites (tertiary alicyclic amines) is 1. The van der Waals surface area contributed by atoms with Gasteiger partial charge in [0.2, 0.25) is 0 Å². The van der Waals surface area contributed by atoms with Crippen molar-refractivity contribution in [1.82, 2.24) is 14.9 Å². The van der Waals surface area contributed by atoms with Crippen LogP contribution in [0.1, 0.15) is 29.6 Å². The van der Waals surface area contributed by atoms with Crippen molar-refractivity contribution in [3.63, 3.8) is 0 Å². The molecule has 0 radical (unpaired) electrons. The molecule has 1 aromatic heterocycles. The molecule has 2 heterocycles. The van der Waals surface area contributed by atoms with Crippen LogP contribution in [-0.2, 0) is 4.79 Å². The van der Waals surface area contributed by atoms with Gasteiger partial charge in [0.25, 0.3) is 5.91 Å². The number of aliphatic carboxylic acids is 1. The minimum atomic E-state index is -0.947. The van der Waals surface area contributed by atoms with Crippen LogP contribution in [0.25, 0.3) is 0 Å². The number of rotatable bonds is 4. The Balaban J connectivity index is 1.80. The van der Waals surface area contributed by atoms with Crippen LogP contribution in [0.4, 0.5) is 11.5 Å². The van der Waals surface area contributed by atoms with E-state index in [4.69, 9.17) is 0 Å². The van der Waals surface area contributed by atoms with Gasteiger partial charge in [-0.15, -0.1) is 0 Å². The van der Waals surface area contributed by atoms with Crippen molar-refractivity contribution >= 4 is 23.4 Å². The molecule has 124 valence electrons. The average Bonchev–Trinajstić information content (AvgIpc) is 2.62. The second-order valence-electron chi connectivity index (χ2n) is 5.64. The molecule has 1 aliphatic rings. The van der Waals surface area contributed by atoms with Crippen molar-refractivity contribution in [2.24, 2.45) is 0 Å². The maximum absolute atomic E-state index is 12.7. The number of piperidine rings is 1. The molecule has 2 N–H and O–H groups in total. The zero-order chi connectivity index (χ0) is 16.9. The highest BCUT2D eigenvalue weighted by molar-refractivity contribution is 5.97. The van der Waals surface area contributed by atoms with Gasteiger partial charge in [0.1, 0.15) is 11.9 Å². The van der Waals surface area contributed by atoms with Crippen molar-refractivity contribution in [2.45, 2.75) is 25.3 Å². The highest BCUT2D eigenvalue weighted by Gasteiger charge is 2.32. The van der Waals surface area contributed by atoms with E-state index in [1.165, 1.54) is 4.90 Å². The number of hydrogen-bond donors (Lipinski definition) is 2. The lowest BCUT2D eigenvalue weighted by Crippen LogP contribution is -2.47. The molecule has 1 fully saturated rings. The predicted molar refractivity (Wildman–Crippen MR) is 88.1 cm³/mol. The Kier molecular flexibility index (Phi) is 4.69. The van der Waals surface area contributed by atoms with Gasteiger partial charge in [0.15, 0.2) is 0 Å². The number of nitrogens with zero attached hydrogens (tertiary/aromatic N) is 3. The molecule has 0 spiro atoms. The molecule has 7 heteroatoms. The van der Waals surface area contributed by atoms with Gasteiger partial charge >= 0.3 is 5.97 Å². The van der Waals surface area contributed by atoms with Crippen LogP contribution in [0.15, 0.2) is 42.9 Å². The summed E-state index contributed by atoms with van der Waals surface area (Å²) in [5, 5.41) is 12.4. The second kappa shape index (κ2) is 7.08. The average molecular weight is 326 g/mol. The lowest BCUT2D eigenvalue weighted by atomic mass is 10.0. The van der Waals surface area contributed by atoms with Crippen LogP contribution in [0.3, 0.4) is 0 Å². The molecule has 2 aromatic rings. The molecule has 0 aliphatic carbocycles. The number of hydrogen-bond acceptors (Lipinski definition) is 5. The number of amides is 1. The molecule has 0 bridgehead atoms. The van der Waals surface area contributed by atoms with Crippen LogP contribution in [0.5, 0.6) is 0 Å². The first-order chi connectivity index (χ1) is 11.6. The zero-order valence-electron chi connectivity index (χ0n) is 13.1. The van der Waals surface area contributed by atoms with E-state index in [-0.39, 0.29) is 5.91 Å². The van der Waals surface area contributed by atoms with E-state index in [2.05, 4.69) is 15.3 Å². The molecule has 1 aromatic carbocycles. The van der Waals surface area contributed by atoms with Gasteiger partial charge in [-0.05, 0) is 37.5 Å². The standard InChI is InChI=1S/C17H18N4O3/c22-16(21-9-2-1-6-14(21)17(23)24)12-4-3-5-13(10-12)20-15-11-18-7-8-19-15/h3-5,7-8,10-11,14H,1-2,6,9H2,(H,19,20)(H,23,24). The van der Waals surface area contributed by atoms with Gasteiger partial charge in [-0.1, -0.05) is 6.07 Å². The highest BCUT2D eigenvalue weighted by atomic mass is 16.4. The summed E-state index contributed by atoms with van der Waals surface area (Å²) in [7, 11) is 0. The van der Waals surface area contributed by atoms with Crippen LogP contribution < -0.4 is 5.32 Å². The molecule has 0 saturated carbocycles. The molecule has 1 atom stereocenters. The second-order valence-corrected chi connectivity index (χ2v) is 5.64. The predicted octanol–water partition coefficient (Wildman–Crippen LogP) is 2.30. The number of nitrogens with one attached hydrogen (secondary N) is 1. The zero-order valence-corrected chi connectivity index (χ0v) is 13.1. The summed E-state index contributed by atoms with van der Waals surface area (Å²) in [6.45, 7) is 0.470. The van der Waals surface area contributed by atoms with E-state index in [1.807, 2.05) is 6.07 Å². The fourth-order valence-corrected chi connectivity index (χ4v) is 2.84. The maximum Gasteiger partial charge on any atom is 0.326 e. The molecule has 3 rings (SSSR count). The fraction of sp³-hybridized carbons (Fsp3) is 0.294. The minimum Gasteiger partial charge on any atom is -0.480 e. The van der Waals surface area contributed by atoms with Crippen molar-refractivity contribution in [2.75, 3.05) is 11.9 Å². The van der Waals surface area contributed by atoms with Gasteiger partial charge in [-0.2, -0.15) is 0 Å². The fourth-order valence-electron chi connectivity index (χ4n) is 2.84. The summed E-state index contributed by atoms with van der Waals surface area (Å²) >= 11 is 0. The Morgan fingerprint density at radius 1 is 1.25 bits per heavy atom. The van der Waals surface area contributed by atoms with Crippen LogP contribution in [-0.4, -0.2) is 44.4 Å². The Bertz CT molecular complexity index is 736. The topological polar surface area (TPSA) is 95.4 Å². The lowest BCUT2D eigenvalue weighted by molar-refractivity contribution is -0.143. The van der Waals surface area contributed by atoms with Crippen LogP contribution in [0.2, 0.25) is 0 Å². The quantitative estimate of drug-likeness (QED) is 0.895.